The molecule has 0 aliphatic rings. The Morgan fingerprint density at radius 1 is 1.03 bits per heavy atom. The average molecular weight is 485 g/mol. The van der Waals surface area contributed by atoms with E-state index in [1.54, 1.807) is 54.6 Å². The van der Waals surface area contributed by atoms with Crippen molar-refractivity contribution in [2.75, 3.05) is 29.4 Å². The Balaban J connectivity index is 1.88. The van der Waals surface area contributed by atoms with Crippen LogP contribution in [0.2, 0.25) is 0 Å². The molecule has 0 aliphatic carbocycles. The van der Waals surface area contributed by atoms with Crippen molar-refractivity contribution in [2.24, 2.45) is 0 Å². The number of anilines is 2. The summed E-state index contributed by atoms with van der Waals surface area (Å²) in [6, 6.07) is 17.5. The lowest BCUT2D eigenvalue weighted by molar-refractivity contribution is -0.114. The second-order valence-corrected chi connectivity index (χ2v) is 8.93. The zero-order valence-electron chi connectivity index (χ0n) is 18.6. The van der Waals surface area contributed by atoms with E-state index >= 15 is 0 Å². The zero-order valence-corrected chi connectivity index (χ0v) is 19.4. The number of ether oxygens (including phenoxy) is 2. The highest BCUT2D eigenvalue weighted by molar-refractivity contribution is 7.92. The van der Waals surface area contributed by atoms with Crippen LogP contribution in [-0.4, -0.2) is 34.1 Å². The van der Waals surface area contributed by atoms with Crippen LogP contribution in [0.4, 0.5) is 15.8 Å². The Morgan fingerprint density at radius 2 is 1.74 bits per heavy atom. The minimum Gasteiger partial charge on any atom is -0.494 e. The van der Waals surface area contributed by atoms with Gasteiger partial charge in [-0.25, -0.2) is 12.8 Å². The van der Waals surface area contributed by atoms with Crippen LogP contribution in [0.1, 0.15) is 6.92 Å². The highest BCUT2D eigenvalue weighted by Gasteiger charge is 2.27. The summed E-state index contributed by atoms with van der Waals surface area (Å²) in [7, 11) is -4.17. The molecule has 0 fully saturated rings. The van der Waals surface area contributed by atoms with Gasteiger partial charge < -0.3 is 14.8 Å². The molecule has 7 nitrogen and oxygen atoms in total. The van der Waals surface area contributed by atoms with Gasteiger partial charge in [-0.1, -0.05) is 18.7 Å². The number of amides is 1. The smallest absolute Gasteiger partial charge is 0.264 e. The van der Waals surface area contributed by atoms with Gasteiger partial charge in [0.15, 0.2) is 0 Å². The molecule has 3 aromatic carbocycles. The molecule has 0 aliphatic heterocycles. The molecule has 0 heterocycles. The number of hydrogen-bond acceptors (Lipinski definition) is 5. The summed E-state index contributed by atoms with van der Waals surface area (Å²) >= 11 is 0. The lowest BCUT2D eigenvalue weighted by Crippen LogP contribution is -2.38. The van der Waals surface area contributed by atoms with E-state index < -0.39 is 28.3 Å². The quantitative estimate of drug-likeness (QED) is 0.402. The highest BCUT2D eigenvalue weighted by Crippen LogP contribution is 2.26. The molecule has 0 bridgehead atoms. The first-order valence-corrected chi connectivity index (χ1v) is 11.9. The number of sulfonamides is 1. The number of halogens is 1. The van der Waals surface area contributed by atoms with Crippen molar-refractivity contribution in [2.45, 2.75) is 11.8 Å². The zero-order chi connectivity index (χ0) is 24.6. The van der Waals surface area contributed by atoms with Crippen LogP contribution in [0, 0.1) is 5.82 Å². The molecule has 0 saturated heterocycles. The first-order chi connectivity index (χ1) is 16.3. The number of benzene rings is 3. The molecule has 1 N–H and O–H groups in total. The van der Waals surface area contributed by atoms with Crippen LogP contribution in [0.25, 0.3) is 0 Å². The Labute approximate surface area is 198 Å². The molecular formula is C25H25FN2O5S. The molecular weight excluding hydrogens is 459 g/mol. The number of carbonyl (C=O) groups excluding carboxylic acids is 1. The van der Waals surface area contributed by atoms with Gasteiger partial charge in [-0.15, -0.1) is 0 Å². The molecule has 0 spiro atoms. The first-order valence-electron chi connectivity index (χ1n) is 10.5. The van der Waals surface area contributed by atoms with E-state index in [0.717, 1.165) is 28.6 Å². The number of nitrogens with zero attached hydrogens (tertiary/aromatic N) is 1. The molecule has 0 atom stereocenters. The van der Waals surface area contributed by atoms with Gasteiger partial charge in [0.25, 0.3) is 10.0 Å². The largest absolute Gasteiger partial charge is 0.494 e. The van der Waals surface area contributed by atoms with Gasteiger partial charge in [-0.05, 0) is 67.6 Å². The van der Waals surface area contributed by atoms with E-state index in [1.807, 2.05) is 6.92 Å². The maximum atomic E-state index is 13.4. The van der Waals surface area contributed by atoms with Gasteiger partial charge in [-0.2, -0.15) is 0 Å². The predicted molar refractivity (Wildman–Crippen MR) is 129 cm³/mol. The normalized spacial score (nSPS) is 10.9. The third-order valence-corrected chi connectivity index (χ3v) is 6.40. The highest BCUT2D eigenvalue weighted by atomic mass is 32.2. The van der Waals surface area contributed by atoms with Crippen molar-refractivity contribution >= 4 is 27.3 Å². The van der Waals surface area contributed by atoms with E-state index in [-0.39, 0.29) is 10.6 Å². The van der Waals surface area contributed by atoms with Gasteiger partial charge in [-0.3, -0.25) is 9.10 Å². The minimum atomic E-state index is -4.17. The molecule has 178 valence electrons. The molecule has 34 heavy (non-hydrogen) atoms. The van der Waals surface area contributed by atoms with E-state index in [1.165, 1.54) is 0 Å². The first kappa shape index (κ1) is 24.8. The summed E-state index contributed by atoms with van der Waals surface area (Å²) in [6.45, 7) is 5.67. The van der Waals surface area contributed by atoms with Crippen LogP contribution >= 0.6 is 0 Å². The van der Waals surface area contributed by atoms with Crippen molar-refractivity contribution in [3.05, 3.63) is 91.3 Å². The molecule has 1 amide bonds. The standard InChI is InChI=1S/C25H25FN2O5S/c1-3-16-33-23-7-5-6-20(17-23)27-25(29)18-28(21-10-12-22(13-11-21)32-4-2)34(30,31)24-14-8-19(26)9-15-24/h3,5-15,17H,1,4,16,18H2,2H3,(H,27,29). The predicted octanol–water partition coefficient (Wildman–Crippen LogP) is 4.62. The van der Waals surface area contributed by atoms with E-state index in [9.17, 15) is 17.6 Å². The molecule has 3 aromatic rings. The van der Waals surface area contributed by atoms with Crippen LogP contribution in [0.3, 0.4) is 0 Å². The third kappa shape index (κ3) is 6.35. The fraction of sp³-hybridized carbons (Fsp3) is 0.160. The van der Waals surface area contributed by atoms with Gasteiger partial charge in [0, 0.05) is 11.8 Å². The maximum absolute atomic E-state index is 13.4. The minimum absolute atomic E-state index is 0.143. The molecule has 0 aromatic heterocycles. The molecule has 0 radical (unpaired) electrons. The van der Waals surface area contributed by atoms with Crippen molar-refractivity contribution in [1.29, 1.82) is 0 Å². The van der Waals surface area contributed by atoms with E-state index in [4.69, 9.17) is 9.47 Å². The van der Waals surface area contributed by atoms with Gasteiger partial charge >= 0.3 is 0 Å². The van der Waals surface area contributed by atoms with Crippen molar-refractivity contribution < 1.29 is 27.1 Å². The van der Waals surface area contributed by atoms with Gasteiger partial charge in [0.1, 0.15) is 30.5 Å². The summed E-state index contributed by atoms with van der Waals surface area (Å²) in [5.74, 6) is -0.0468. The lowest BCUT2D eigenvalue weighted by Gasteiger charge is -2.24. The number of rotatable bonds is 11. The van der Waals surface area contributed by atoms with Gasteiger partial charge in [0.2, 0.25) is 5.91 Å². The summed E-state index contributed by atoms with van der Waals surface area (Å²) in [6.07, 6.45) is 1.60. The second-order valence-electron chi connectivity index (χ2n) is 7.07. The Hall–Kier alpha value is -3.85. The SMILES string of the molecule is C=CCOc1cccc(NC(=O)CN(c2ccc(OCC)cc2)S(=O)(=O)c2ccc(F)cc2)c1. The van der Waals surface area contributed by atoms with Crippen LogP contribution < -0.4 is 19.1 Å². The molecule has 0 saturated carbocycles. The van der Waals surface area contributed by atoms with Crippen LogP contribution in [-0.2, 0) is 14.8 Å². The topological polar surface area (TPSA) is 84.9 Å². The van der Waals surface area contributed by atoms with Crippen molar-refractivity contribution in [3.8, 4) is 11.5 Å². The van der Waals surface area contributed by atoms with Gasteiger partial charge in [0.05, 0.1) is 17.2 Å². The third-order valence-electron chi connectivity index (χ3n) is 4.61. The number of nitrogens with one attached hydrogen (secondary N) is 1. The summed E-state index contributed by atoms with van der Waals surface area (Å²) in [4.78, 5) is 12.7. The fourth-order valence-electron chi connectivity index (χ4n) is 3.07. The van der Waals surface area contributed by atoms with Crippen LogP contribution in [0.15, 0.2) is 90.3 Å². The number of carbonyl (C=O) groups is 1. The van der Waals surface area contributed by atoms with E-state index in [0.29, 0.717) is 30.4 Å². The number of hydrogen-bond donors (Lipinski definition) is 1. The van der Waals surface area contributed by atoms with E-state index in [2.05, 4.69) is 11.9 Å². The fourth-order valence-corrected chi connectivity index (χ4v) is 4.49. The van der Waals surface area contributed by atoms with Crippen molar-refractivity contribution in [1.82, 2.24) is 0 Å². The average Bonchev–Trinajstić information content (AvgIpc) is 2.82. The summed E-state index contributed by atoms with van der Waals surface area (Å²) < 4.78 is 52.0. The molecule has 3 rings (SSSR count). The Morgan fingerprint density at radius 3 is 2.38 bits per heavy atom. The summed E-state index contributed by atoms with van der Waals surface area (Å²) in [5, 5.41) is 2.69. The van der Waals surface area contributed by atoms with Crippen LogP contribution in [0.5, 0.6) is 11.5 Å². The monoisotopic (exact) mass is 484 g/mol. The Bertz CT molecular complexity index is 1230. The molecule has 0 unspecified atom stereocenters. The Kier molecular flexibility index (Phi) is 8.26. The maximum Gasteiger partial charge on any atom is 0.264 e. The lowest BCUT2D eigenvalue weighted by atomic mass is 10.3. The molecule has 9 heteroatoms. The van der Waals surface area contributed by atoms with Crippen molar-refractivity contribution in [3.63, 3.8) is 0 Å². The second kappa shape index (κ2) is 11.3. The summed E-state index contributed by atoms with van der Waals surface area (Å²) in [5.41, 5.74) is 0.698.